The Balaban J connectivity index is 1.18. The van der Waals surface area contributed by atoms with E-state index < -0.39 is 0 Å². The molecular formula is C27H30N2O4. The van der Waals surface area contributed by atoms with E-state index in [2.05, 4.69) is 23.1 Å². The van der Waals surface area contributed by atoms with Gasteiger partial charge in [-0.25, -0.2) is 0 Å². The summed E-state index contributed by atoms with van der Waals surface area (Å²) in [4.78, 5) is 17.2. The first-order valence-corrected chi connectivity index (χ1v) is 11.8. The highest BCUT2D eigenvalue weighted by molar-refractivity contribution is 6.09. The maximum absolute atomic E-state index is 13.1. The minimum absolute atomic E-state index is 0.0462. The van der Waals surface area contributed by atoms with Gasteiger partial charge in [0.15, 0.2) is 6.73 Å². The first kappa shape index (κ1) is 21.7. The van der Waals surface area contributed by atoms with Crippen LogP contribution >= 0.6 is 0 Å². The molecule has 2 heterocycles. The number of amides is 1. The maximum Gasteiger partial charge on any atom is 0.264 e. The third-order valence-electron chi connectivity index (χ3n) is 6.27. The molecule has 2 aliphatic heterocycles. The molecule has 0 spiro atoms. The monoisotopic (exact) mass is 446 g/mol. The molecule has 2 aromatic carbocycles. The summed E-state index contributed by atoms with van der Waals surface area (Å²) in [6.07, 6.45) is 9.64. The summed E-state index contributed by atoms with van der Waals surface area (Å²) in [5.74, 6) is 1.41. The Hall–Kier alpha value is -3.09. The summed E-state index contributed by atoms with van der Waals surface area (Å²) in [5, 5.41) is 0. The summed E-state index contributed by atoms with van der Waals surface area (Å²) in [7, 11) is 0. The van der Waals surface area contributed by atoms with Crippen LogP contribution in [0.4, 0.5) is 5.69 Å². The van der Waals surface area contributed by atoms with E-state index in [9.17, 15) is 4.79 Å². The number of nitrogens with zero attached hydrogens (tertiary/aromatic N) is 2. The van der Waals surface area contributed by atoms with Gasteiger partial charge in [0.25, 0.3) is 5.91 Å². The Labute approximate surface area is 195 Å². The third kappa shape index (κ3) is 5.13. The topological polar surface area (TPSA) is 51.2 Å². The van der Waals surface area contributed by atoms with Gasteiger partial charge in [0.2, 0.25) is 0 Å². The van der Waals surface area contributed by atoms with E-state index in [4.69, 9.17) is 14.2 Å². The van der Waals surface area contributed by atoms with Gasteiger partial charge in [-0.05, 0) is 66.8 Å². The highest BCUT2D eigenvalue weighted by Gasteiger charge is 2.27. The zero-order valence-electron chi connectivity index (χ0n) is 18.9. The summed E-state index contributed by atoms with van der Waals surface area (Å²) >= 11 is 0. The average molecular weight is 447 g/mol. The number of morpholine rings is 1. The van der Waals surface area contributed by atoms with Crippen molar-refractivity contribution < 1.29 is 19.0 Å². The molecule has 0 aromatic heterocycles. The molecule has 1 fully saturated rings. The van der Waals surface area contributed by atoms with Crippen LogP contribution in [-0.4, -0.2) is 57.0 Å². The van der Waals surface area contributed by atoms with Gasteiger partial charge in [0, 0.05) is 25.3 Å². The molecule has 5 rings (SSSR count). The van der Waals surface area contributed by atoms with Gasteiger partial charge in [-0.15, -0.1) is 0 Å². The number of anilines is 1. The van der Waals surface area contributed by atoms with Crippen molar-refractivity contribution in [3.05, 3.63) is 71.8 Å². The fourth-order valence-electron chi connectivity index (χ4n) is 4.38. The predicted octanol–water partition coefficient (Wildman–Crippen LogP) is 4.52. The van der Waals surface area contributed by atoms with Crippen LogP contribution in [-0.2, 0) is 4.74 Å². The number of fused-ring (bicyclic) bond motifs is 1. The van der Waals surface area contributed by atoms with Crippen molar-refractivity contribution >= 4 is 17.2 Å². The number of carbonyl (C=O) groups excluding carboxylic acids is 1. The van der Waals surface area contributed by atoms with Crippen molar-refractivity contribution in [3.63, 3.8) is 0 Å². The lowest BCUT2D eigenvalue weighted by Gasteiger charge is -2.29. The zero-order chi connectivity index (χ0) is 22.5. The van der Waals surface area contributed by atoms with Crippen LogP contribution in [0.15, 0.2) is 60.7 Å². The highest BCUT2D eigenvalue weighted by atomic mass is 16.5. The normalized spacial score (nSPS) is 18.5. The van der Waals surface area contributed by atoms with Gasteiger partial charge in [0.05, 0.1) is 25.4 Å². The summed E-state index contributed by atoms with van der Waals surface area (Å²) in [6.45, 7) is 5.54. The molecule has 0 radical (unpaired) electrons. The van der Waals surface area contributed by atoms with Crippen LogP contribution in [0.5, 0.6) is 11.5 Å². The lowest BCUT2D eigenvalue weighted by molar-refractivity contribution is 0.0358. The SMILES string of the molecule is O=C1c2ccc(C3=CCCC=C3)cc2OCN1c1ccc(OCCCN2CCOCC2)cc1. The van der Waals surface area contributed by atoms with Gasteiger partial charge >= 0.3 is 0 Å². The van der Waals surface area contributed by atoms with Crippen LogP contribution in [0, 0.1) is 0 Å². The van der Waals surface area contributed by atoms with Gasteiger partial charge in [0.1, 0.15) is 11.5 Å². The Kier molecular flexibility index (Phi) is 6.74. The molecule has 1 saturated heterocycles. The first-order valence-electron chi connectivity index (χ1n) is 11.8. The number of allylic oxidation sites excluding steroid dienone is 4. The van der Waals surface area contributed by atoms with Crippen LogP contribution in [0.25, 0.3) is 5.57 Å². The van der Waals surface area contributed by atoms with E-state index in [1.54, 1.807) is 4.90 Å². The molecule has 6 heteroatoms. The van der Waals surface area contributed by atoms with Gasteiger partial charge in [-0.1, -0.05) is 24.3 Å². The second-order valence-electron chi connectivity index (χ2n) is 8.51. The Bertz CT molecular complexity index is 1040. The van der Waals surface area contributed by atoms with Crippen molar-refractivity contribution in [1.82, 2.24) is 4.90 Å². The molecule has 0 atom stereocenters. The van der Waals surface area contributed by atoms with E-state index in [0.717, 1.165) is 69.1 Å². The van der Waals surface area contributed by atoms with E-state index in [1.807, 2.05) is 42.5 Å². The molecule has 6 nitrogen and oxygen atoms in total. The number of carbonyl (C=O) groups is 1. The summed E-state index contributed by atoms with van der Waals surface area (Å²) < 4.78 is 17.2. The molecule has 1 amide bonds. The molecule has 0 saturated carbocycles. The predicted molar refractivity (Wildman–Crippen MR) is 129 cm³/mol. The van der Waals surface area contributed by atoms with Gasteiger partial charge in [-0.2, -0.15) is 0 Å². The molecule has 0 unspecified atom stereocenters. The van der Waals surface area contributed by atoms with Crippen LogP contribution < -0.4 is 14.4 Å². The number of rotatable bonds is 7. The fraction of sp³-hybridized carbons (Fsp3) is 0.370. The van der Waals surface area contributed by atoms with E-state index in [1.165, 1.54) is 5.57 Å². The summed E-state index contributed by atoms with van der Waals surface area (Å²) in [6, 6.07) is 13.5. The highest BCUT2D eigenvalue weighted by Crippen LogP contribution is 2.33. The minimum atomic E-state index is -0.0462. The Morgan fingerprint density at radius 3 is 2.64 bits per heavy atom. The average Bonchev–Trinajstić information content (AvgIpc) is 2.88. The maximum atomic E-state index is 13.1. The number of ether oxygens (including phenoxy) is 3. The largest absolute Gasteiger partial charge is 0.494 e. The standard InChI is InChI=1S/C27H30N2O4/c30-27-25-12-7-22(21-5-2-1-3-6-21)19-26(25)33-20-29(27)23-8-10-24(11-9-23)32-16-4-13-28-14-17-31-18-15-28/h2,5-12,19H,1,3-4,13-18,20H2. The lowest BCUT2D eigenvalue weighted by atomic mass is 9.97. The lowest BCUT2D eigenvalue weighted by Crippen LogP contribution is -2.38. The second kappa shape index (κ2) is 10.2. The molecule has 0 N–H and O–H groups in total. The van der Waals surface area contributed by atoms with Gasteiger partial charge < -0.3 is 14.2 Å². The number of hydrogen-bond acceptors (Lipinski definition) is 5. The quantitative estimate of drug-likeness (QED) is 0.586. The molecule has 2 aromatic rings. The Morgan fingerprint density at radius 1 is 1.00 bits per heavy atom. The minimum Gasteiger partial charge on any atom is -0.494 e. The molecule has 3 aliphatic rings. The zero-order valence-corrected chi connectivity index (χ0v) is 18.9. The van der Waals surface area contributed by atoms with Crippen molar-refractivity contribution in [2.24, 2.45) is 0 Å². The van der Waals surface area contributed by atoms with Crippen LogP contribution in [0.3, 0.4) is 0 Å². The van der Waals surface area contributed by atoms with Crippen molar-refractivity contribution in [2.75, 3.05) is 51.1 Å². The van der Waals surface area contributed by atoms with Crippen LogP contribution in [0.1, 0.15) is 35.2 Å². The number of benzene rings is 2. The van der Waals surface area contributed by atoms with Gasteiger partial charge in [-0.3, -0.25) is 14.6 Å². The van der Waals surface area contributed by atoms with E-state index >= 15 is 0 Å². The molecule has 172 valence electrons. The molecule has 0 bridgehead atoms. The first-order chi connectivity index (χ1) is 16.3. The molecule has 1 aliphatic carbocycles. The van der Waals surface area contributed by atoms with E-state index in [-0.39, 0.29) is 12.6 Å². The van der Waals surface area contributed by atoms with Crippen molar-refractivity contribution in [1.29, 1.82) is 0 Å². The Morgan fingerprint density at radius 2 is 1.85 bits per heavy atom. The van der Waals surface area contributed by atoms with E-state index in [0.29, 0.717) is 17.9 Å². The van der Waals surface area contributed by atoms with Crippen molar-refractivity contribution in [3.8, 4) is 11.5 Å². The second-order valence-corrected chi connectivity index (χ2v) is 8.51. The number of hydrogen-bond donors (Lipinski definition) is 0. The smallest absolute Gasteiger partial charge is 0.264 e. The van der Waals surface area contributed by atoms with Crippen LogP contribution in [0.2, 0.25) is 0 Å². The third-order valence-corrected chi connectivity index (χ3v) is 6.27. The summed E-state index contributed by atoms with van der Waals surface area (Å²) in [5.41, 5.74) is 3.66. The molecular weight excluding hydrogens is 416 g/mol. The molecule has 33 heavy (non-hydrogen) atoms. The van der Waals surface area contributed by atoms with Crippen molar-refractivity contribution in [2.45, 2.75) is 19.3 Å². The fourth-order valence-corrected chi connectivity index (χ4v) is 4.38.